The fourth-order valence-corrected chi connectivity index (χ4v) is 5.19. The first kappa shape index (κ1) is 24.8. The summed E-state index contributed by atoms with van der Waals surface area (Å²) in [6.45, 7) is 3.54. The lowest BCUT2D eigenvalue weighted by atomic mass is 10.1. The van der Waals surface area contributed by atoms with E-state index in [-0.39, 0.29) is 34.7 Å². The van der Waals surface area contributed by atoms with Crippen molar-refractivity contribution in [1.82, 2.24) is 9.13 Å². The molecule has 0 spiro atoms. The second-order valence-corrected chi connectivity index (χ2v) is 11.1. The second kappa shape index (κ2) is 9.71. The van der Waals surface area contributed by atoms with E-state index in [1.165, 1.54) is 12.1 Å². The number of imidazole rings is 1. The van der Waals surface area contributed by atoms with Crippen LogP contribution in [0.15, 0.2) is 76.4 Å². The molecule has 4 aromatic rings. The average Bonchev–Trinajstić information content (AvgIpc) is 3.08. The van der Waals surface area contributed by atoms with Gasteiger partial charge in [-0.05, 0) is 60.5 Å². The number of benzene rings is 3. The number of aryl methyl sites for hydroxylation is 1. The maximum absolute atomic E-state index is 13.0. The average molecular weight is 512 g/mol. The number of carbonyl (C=O) groups is 1. The van der Waals surface area contributed by atoms with E-state index in [2.05, 4.69) is 5.32 Å². The van der Waals surface area contributed by atoms with Crippen LogP contribution < -0.4 is 11.0 Å². The van der Waals surface area contributed by atoms with Gasteiger partial charge in [0.2, 0.25) is 5.91 Å². The molecule has 0 radical (unpaired) electrons. The quantitative estimate of drug-likeness (QED) is 0.393. The van der Waals surface area contributed by atoms with Gasteiger partial charge in [-0.3, -0.25) is 13.9 Å². The maximum Gasteiger partial charge on any atom is 0.329 e. The molecule has 1 N–H and O–H groups in total. The van der Waals surface area contributed by atoms with Crippen molar-refractivity contribution in [3.63, 3.8) is 0 Å². The first-order valence-corrected chi connectivity index (χ1v) is 13.2. The first-order chi connectivity index (χ1) is 16.6. The number of amides is 1. The molecule has 0 saturated carbocycles. The fourth-order valence-electron chi connectivity index (χ4n) is 4.10. The molecule has 0 aliphatic heterocycles. The predicted molar refractivity (Wildman–Crippen MR) is 139 cm³/mol. The molecule has 3 aromatic carbocycles. The minimum absolute atomic E-state index is 0.0252. The number of nitrogens with one attached hydrogen (secondary N) is 1. The number of anilines is 1. The molecule has 1 unspecified atom stereocenters. The number of fused-ring (bicyclic) bond motifs is 1. The summed E-state index contributed by atoms with van der Waals surface area (Å²) in [7, 11) is -1.58. The zero-order valence-corrected chi connectivity index (χ0v) is 21.2. The van der Waals surface area contributed by atoms with Gasteiger partial charge in [-0.15, -0.1) is 0 Å². The fraction of sp³-hybridized carbons (Fsp3) is 0.231. The van der Waals surface area contributed by atoms with Crippen molar-refractivity contribution in [2.75, 3.05) is 11.1 Å². The molecule has 0 fully saturated rings. The number of rotatable bonds is 7. The number of nitrogens with zero attached hydrogens (tertiary/aromatic N) is 2. The maximum atomic E-state index is 13.0. The van der Waals surface area contributed by atoms with Gasteiger partial charge >= 0.3 is 5.69 Å². The van der Waals surface area contributed by atoms with E-state index in [1.54, 1.807) is 53.4 Å². The summed E-state index contributed by atoms with van der Waals surface area (Å²) in [5.41, 5.74) is 3.45. The Morgan fingerprint density at radius 2 is 1.74 bits per heavy atom. The van der Waals surface area contributed by atoms with Crippen LogP contribution in [0.3, 0.4) is 0 Å². The van der Waals surface area contributed by atoms with Gasteiger partial charge in [0, 0.05) is 17.8 Å². The van der Waals surface area contributed by atoms with E-state index < -0.39 is 9.84 Å². The van der Waals surface area contributed by atoms with E-state index in [0.29, 0.717) is 21.8 Å². The van der Waals surface area contributed by atoms with E-state index in [4.69, 9.17) is 11.6 Å². The third-order valence-electron chi connectivity index (χ3n) is 6.12. The van der Waals surface area contributed by atoms with Crippen molar-refractivity contribution in [3.05, 3.63) is 93.4 Å². The van der Waals surface area contributed by atoms with Gasteiger partial charge in [0.15, 0.2) is 9.84 Å². The molecule has 182 valence electrons. The van der Waals surface area contributed by atoms with Crippen LogP contribution in [0.4, 0.5) is 5.69 Å². The Morgan fingerprint density at radius 3 is 2.40 bits per heavy atom. The van der Waals surface area contributed by atoms with Crippen LogP contribution in [0.25, 0.3) is 11.0 Å². The zero-order valence-electron chi connectivity index (χ0n) is 19.7. The number of hydrogen-bond acceptors (Lipinski definition) is 4. The Balaban J connectivity index is 1.56. The Kier molecular flexibility index (Phi) is 6.87. The standard InChI is InChI=1S/C26H26ClN3O4S/c1-4-35(33,34)22-11-8-18(9-12-22)14-25(31)28-21-10-13-23-24(16-21)29(3)26(32)30(23)17(2)19-6-5-7-20(27)15-19/h5-13,15-17H,4,14H2,1-3H3,(H,28,31). The minimum atomic E-state index is -3.28. The van der Waals surface area contributed by atoms with E-state index in [0.717, 1.165) is 11.1 Å². The van der Waals surface area contributed by atoms with Crippen molar-refractivity contribution in [3.8, 4) is 0 Å². The van der Waals surface area contributed by atoms with E-state index >= 15 is 0 Å². The van der Waals surface area contributed by atoms with E-state index in [1.807, 2.05) is 31.2 Å². The van der Waals surface area contributed by atoms with Gasteiger partial charge in [0.25, 0.3) is 0 Å². The SMILES string of the molecule is CCS(=O)(=O)c1ccc(CC(=O)Nc2ccc3c(c2)n(C)c(=O)n3C(C)c2cccc(Cl)c2)cc1. The van der Waals surface area contributed by atoms with Crippen molar-refractivity contribution in [2.45, 2.75) is 31.2 Å². The molecule has 0 saturated heterocycles. The molecule has 1 atom stereocenters. The Morgan fingerprint density at radius 1 is 1.03 bits per heavy atom. The molecule has 7 nitrogen and oxygen atoms in total. The largest absolute Gasteiger partial charge is 0.329 e. The zero-order chi connectivity index (χ0) is 25.3. The molecule has 0 aliphatic rings. The summed E-state index contributed by atoms with van der Waals surface area (Å²) in [6, 6.07) is 18.9. The van der Waals surface area contributed by atoms with Gasteiger partial charge < -0.3 is 5.32 Å². The molecule has 0 bridgehead atoms. The molecule has 35 heavy (non-hydrogen) atoms. The minimum Gasteiger partial charge on any atom is -0.326 e. The first-order valence-electron chi connectivity index (χ1n) is 11.2. The Bertz CT molecular complexity index is 1570. The summed E-state index contributed by atoms with van der Waals surface area (Å²) < 4.78 is 27.2. The summed E-state index contributed by atoms with van der Waals surface area (Å²) in [4.78, 5) is 25.9. The molecule has 9 heteroatoms. The van der Waals surface area contributed by atoms with Crippen LogP contribution in [-0.4, -0.2) is 29.2 Å². The lowest BCUT2D eigenvalue weighted by Crippen LogP contribution is -2.25. The molecule has 1 aromatic heterocycles. The van der Waals surface area contributed by atoms with Crippen molar-refractivity contribution in [1.29, 1.82) is 0 Å². The number of halogens is 1. The second-order valence-electron chi connectivity index (χ2n) is 8.42. The highest BCUT2D eigenvalue weighted by atomic mass is 35.5. The summed E-state index contributed by atoms with van der Waals surface area (Å²) >= 11 is 6.14. The van der Waals surface area contributed by atoms with Crippen molar-refractivity contribution in [2.24, 2.45) is 7.05 Å². The summed E-state index contributed by atoms with van der Waals surface area (Å²) in [6.07, 6.45) is 0.0935. The number of sulfone groups is 1. The topological polar surface area (TPSA) is 90.2 Å². The highest BCUT2D eigenvalue weighted by Crippen LogP contribution is 2.26. The third kappa shape index (κ3) is 5.04. The molecular formula is C26H26ClN3O4S. The lowest BCUT2D eigenvalue weighted by Gasteiger charge is -2.14. The van der Waals surface area contributed by atoms with Crippen molar-refractivity contribution >= 4 is 44.1 Å². The number of hydrogen-bond donors (Lipinski definition) is 1. The van der Waals surface area contributed by atoms with Crippen LogP contribution in [0.2, 0.25) is 5.02 Å². The molecule has 1 amide bonds. The molecule has 4 rings (SSSR count). The van der Waals surface area contributed by atoms with Crippen LogP contribution in [-0.2, 0) is 28.1 Å². The normalized spacial score (nSPS) is 12.6. The molecular weight excluding hydrogens is 486 g/mol. The molecule has 0 aliphatic carbocycles. The van der Waals surface area contributed by atoms with Crippen LogP contribution >= 0.6 is 11.6 Å². The number of aromatic nitrogens is 2. The smallest absolute Gasteiger partial charge is 0.326 e. The van der Waals surface area contributed by atoms with Gasteiger partial charge in [0.05, 0.1) is 34.1 Å². The van der Waals surface area contributed by atoms with Gasteiger partial charge in [-0.25, -0.2) is 13.2 Å². The summed E-state index contributed by atoms with van der Waals surface area (Å²) in [5, 5.41) is 3.47. The van der Waals surface area contributed by atoms with Gasteiger partial charge in [-0.2, -0.15) is 0 Å². The number of carbonyl (C=O) groups excluding carboxylic acids is 1. The van der Waals surface area contributed by atoms with Gasteiger partial charge in [0.1, 0.15) is 0 Å². The predicted octanol–water partition coefficient (Wildman–Crippen LogP) is 4.58. The molecule has 1 heterocycles. The highest BCUT2D eigenvalue weighted by molar-refractivity contribution is 7.91. The Hall–Kier alpha value is -3.36. The monoisotopic (exact) mass is 511 g/mol. The van der Waals surface area contributed by atoms with Crippen molar-refractivity contribution < 1.29 is 13.2 Å². The lowest BCUT2D eigenvalue weighted by molar-refractivity contribution is -0.115. The third-order valence-corrected chi connectivity index (χ3v) is 8.10. The Labute approximate surface area is 208 Å². The summed E-state index contributed by atoms with van der Waals surface area (Å²) in [5.74, 6) is -0.218. The van der Waals surface area contributed by atoms with Crippen LogP contribution in [0, 0.1) is 0 Å². The van der Waals surface area contributed by atoms with Gasteiger partial charge in [-0.1, -0.05) is 42.8 Å². The highest BCUT2D eigenvalue weighted by Gasteiger charge is 2.18. The van der Waals surface area contributed by atoms with E-state index in [9.17, 15) is 18.0 Å². The van der Waals surface area contributed by atoms with Crippen LogP contribution in [0.1, 0.15) is 31.0 Å². The van der Waals surface area contributed by atoms with Crippen LogP contribution in [0.5, 0.6) is 0 Å².